The molecule has 0 saturated carbocycles. The predicted octanol–water partition coefficient (Wildman–Crippen LogP) is 1.49. The summed E-state index contributed by atoms with van der Waals surface area (Å²) in [5.74, 6) is 0.448. The van der Waals surface area contributed by atoms with Crippen LogP contribution in [0, 0.1) is 5.92 Å². The van der Waals surface area contributed by atoms with Gasteiger partial charge in [-0.2, -0.15) is 0 Å². The van der Waals surface area contributed by atoms with Crippen LogP contribution >= 0.6 is 0 Å². The Morgan fingerprint density at radius 1 is 1.50 bits per heavy atom. The first kappa shape index (κ1) is 15.9. The minimum Gasteiger partial charge on any atom is -0.383 e. The van der Waals surface area contributed by atoms with Gasteiger partial charge in [-0.3, -0.25) is 4.90 Å². The lowest BCUT2D eigenvalue weighted by atomic mass is 9.83. The van der Waals surface area contributed by atoms with Gasteiger partial charge in [0.05, 0.1) is 23.9 Å². The molecule has 18 heavy (non-hydrogen) atoms. The van der Waals surface area contributed by atoms with Gasteiger partial charge in [0.15, 0.2) is 0 Å². The first-order valence-electron chi connectivity index (χ1n) is 6.89. The second-order valence-corrected chi connectivity index (χ2v) is 6.46. The third-order valence-corrected chi connectivity index (χ3v) is 4.02. The highest BCUT2D eigenvalue weighted by atomic mass is 16.5. The molecule has 0 spiro atoms. The molecule has 1 aliphatic rings. The van der Waals surface area contributed by atoms with Crippen molar-refractivity contribution in [3.05, 3.63) is 0 Å². The van der Waals surface area contributed by atoms with Crippen molar-refractivity contribution in [2.45, 2.75) is 51.9 Å². The molecule has 0 aromatic rings. The molecule has 0 aromatic heterocycles. The van der Waals surface area contributed by atoms with E-state index in [2.05, 4.69) is 39.5 Å². The Morgan fingerprint density at radius 3 is 2.50 bits per heavy atom. The Kier molecular flexibility index (Phi) is 5.18. The van der Waals surface area contributed by atoms with E-state index in [1.807, 2.05) is 0 Å². The van der Waals surface area contributed by atoms with Crippen LogP contribution in [0.15, 0.2) is 0 Å². The maximum atomic E-state index is 6.10. The predicted molar refractivity (Wildman–Crippen MR) is 74.7 cm³/mol. The third-order valence-electron chi connectivity index (χ3n) is 4.02. The molecule has 108 valence electrons. The number of morpholine rings is 1. The van der Waals surface area contributed by atoms with Gasteiger partial charge in [0, 0.05) is 26.7 Å². The molecule has 2 N–H and O–H groups in total. The summed E-state index contributed by atoms with van der Waals surface area (Å²) < 4.78 is 11.4. The average Bonchev–Trinajstić information content (AvgIpc) is 2.22. The van der Waals surface area contributed by atoms with Gasteiger partial charge in [0.1, 0.15) is 0 Å². The molecule has 4 nitrogen and oxygen atoms in total. The number of ether oxygens (including phenoxy) is 2. The Morgan fingerprint density at radius 2 is 2.11 bits per heavy atom. The summed E-state index contributed by atoms with van der Waals surface area (Å²) in [6, 6.07) is 0. The van der Waals surface area contributed by atoms with Crippen molar-refractivity contribution in [3.8, 4) is 0 Å². The van der Waals surface area contributed by atoms with Crippen LogP contribution in [-0.4, -0.2) is 55.5 Å². The van der Waals surface area contributed by atoms with Crippen molar-refractivity contribution >= 4 is 0 Å². The van der Waals surface area contributed by atoms with Gasteiger partial charge in [0.2, 0.25) is 0 Å². The fourth-order valence-electron chi connectivity index (χ4n) is 3.09. The van der Waals surface area contributed by atoms with E-state index in [9.17, 15) is 0 Å². The maximum absolute atomic E-state index is 6.10. The van der Waals surface area contributed by atoms with Crippen molar-refractivity contribution in [3.63, 3.8) is 0 Å². The fourth-order valence-corrected chi connectivity index (χ4v) is 3.09. The highest BCUT2D eigenvalue weighted by molar-refractivity contribution is 4.99. The molecule has 1 aliphatic heterocycles. The van der Waals surface area contributed by atoms with E-state index in [0.717, 1.165) is 13.1 Å². The van der Waals surface area contributed by atoms with E-state index in [1.54, 1.807) is 7.11 Å². The molecule has 0 aromatic carbocycles. The second kappa shape index (κ2) is 5.87. The molecule has 0 aliphatic carbocycles. The lowest BCUT2D eigenvalue weighted by Crippen LogP contribution is -2.67. The van der Waals surface area contributed by atoms with Crippen molar-refractivity contribution in [1.82, 2.24) is 4.90 Å². The molecule has 0 radical (unpaired) electrons. The zero-order chi connectivity index (χ0) is 14.0. The Labute approximate surface area is 112 Å². The molecule has 2 atom stereocenters. The van der Waals surface area contributed by atoms with E-state index in [1.165, 1.54) is 0 Å². The molecular formula is C14H30N2O2. The fraction of sp³-hybridized carbons (Fsp3) is 1.00. The summed E-state index contributed by atoms with van der Waals surface area (Å²) in [7, 11) is 1.75. The molecule has 1 saturated heterocycles. The smallest absolute Gasteiger partial charge is 0.0757 e. The topological polar surface area (TPSA) is 47.7 Å². The van der Waals surface area contributed by atoms with Crippen LogP contribution < -0.4 is 5.73 Å². The largest absolute Gasteiger partial charge is 0.383 e. The standard InChI is InChI=1S/C14H30N2O2/c1-11(2)14(8-15,10-17-6)16-7-12(3)18-13(4,5)9-16/h11-12H,7-10,15H2,1-6H3. The van der Waals surface area contributed by atoms with Gasteiger partial charge in [-0.05, 0) is 26.7 Å². The summed E-state index contributed by atoms with van der Waals surface area (Å²) in [6.07, 6.45) is 0.232. The normalized spacial score (nSPS) is 28.3. The van der Waals surface area contributed by atoms with Crippen LogP contribution in [-0.2, 0) is 9.47 Å². The van der Waals surface area contributed by atoms with Gasteiger partial charge >= 0.3 is 0 Å². The zero-order valence-corrected chi connectivity index (χ0v) is 12.8. The van der Waals surface area contributed by atoms with Gasteiger partial charge in [-0.1, -0.05) is 13.8 Å². The minimum absolute atomic E-state index is 0.0932. The van der Waals surface area contributed by atoms with Crippen molar-refractivity contribution in [2.75, 3.05) is 33.4 Å². The highest BCUT2D eigenvalue weighted by Crippen LogP contribution is 2.31. The average molecular weight is 258 g/mol. The molecular weight excluding hydrogens is 228 g/mol. The van der Waals surface area contributed by atoms with E-state index >= 15 is 0 Å². The number of nitrogens with two attached hydrogens (primary N) is 1. The third kappa shape index (κ3) is 3.23. The van der Waals surface area contributed by atoms with E-state index in [0.29, 0.717) is 19.1 Å². The van der Waals surface area contributed by atoms with Crippen molar-refractivity contribution < 1.29 is 9.47 Å². The van der Waals surface area contributed by atoms with Gasteiger partial charge in [0.25, 0.3) is 0 Å². The second-order valence-electron chi connectivity index (χ2n) is 6.46. The number of hydrogen-bond donors (Lipinski definition) is 1. The van der Waals surface area contributed by atoms with Crippen LogP contribution in [0.1, 0.15) is 34.6 Å². The lowest BCUT2D eigenvalue weighted by molar-refractivity contribution is -0.167. The molecule has 0 amide bonds. The first-order chi connectivity index (χ1) is 8.27. The minimum atomic E-state index is -0.124. The molecule has 1 fully saturated rings. The summed E-state index contributed by atoms with van der Waals surface area (Å²) in [5, 5.41) is 0. The van der Waals surface area contributed by atoms with Crippen molar-refractivity contribution in [2.24, 2.45) is 11.7 Å². The SMILES string of the molecule is COCC(CN)(C(C)C)N1CC(C)OC(C)(C)C1. The summed E-state index contributed by atoms with van der Waals surface area (Å²) in [4.78, 5) is 2.47. The lowest BCUT2D eigenvalue weighted by Gasteiger charge is -2.52. The Balaban J connectivity index is 2.97. The molecule has 4 heteroatoms. The molecule has 1 rings (SSSR count). The monoisotopic (exact) mass is 258 g/mol. The highest BCUT2D eigenvalue weighted by Gasteiger charge is 2.44. The molecule has 1 heterocycles. The molecule has 0 bridgehead atoms. The van der Waals surface area contributed by atoms with E-state index < -0.39 is 0 Å². The van der Waals surface area contributed by atoms with Gasteiger partial charge in [-0.15, -0.1) is 0 Å². The summed E-state index contributed by atoms with van der Waals surface area (Å²) >= 11 is 0. The van der Waals surface area contributed by atoms with Crippen LogP contribution in [0.25, 0.3) is 0 Å². The van der Waals surface area contributed by atoms with Crippen LogP contribution in [0.5, 0.6) is 0 Å². The van der Waals surface area contributed by atoms with Crippen molar-refractivity contribution in [1.29, 1.82) is 0 Å². The van der Waals surface area contributed by atoms with E-state index in [-0.39, 0.29) is 17.2 Å². The quantitative estimate of drug-likeness (QED) is 0.811. The van der Waals surface area contributed by atoms with Gasteiger partial charge < -0.3 is 15.2 Å². The summed E-state index contributed by atoms with van der Waals surface area (Å²) in [5.41, 5.74) is 5.88. The molecule has 2 unspecified atom stereocenters. The van der Waals surface area contributed by atoms with Gasteiger partial charge in [-0.25, -0.2) is 0 Å². The zero-order valence-electron chi connectivity index (χ0n) is 12.8. The van der Waals surface area contributed by atoms with Crippen LogP contribution in [0.2, 0.25) is 0 Å². The number of methoxy groups -OCH3 is 1. The number of hydrogen-bond acceptors (Lipinski definition) is 4. The maximum Gasteiger partial charge on any atom is 0.0757 e. The van der Waals surface area contributed by atoms with Crippen LogP contribution in [0.4, 0.5) is 0 Å². The van der Waals surface area contributed by atoms with Crippen LogP contribution in [0.3, 0.4) is 0 Å². The number of nitrogens with zero attached hydrogens (tertiary/aromatic N) is 1. The number of rotatable bonds is 5. The Bertz CT molecular complexity index is 269. The Hall–Kier alpha value is -0.160. The first-order valence-corrected chi connectivity index (χ1v) is 6.89. The van der Waals surface area contributed by atoms with E-state index in [4.69, 9.17) is 15.2 Å². The summed E-state index contributed by atoms with van der Waals surface area (Å²) in [6.45, 7) is 14.0.